The first-order chi connectivity index (χ1) is 14.6. The Kier molecular flexibility index (Phi) is 5.52. The molecule has 150 valence electrons. The molecule has 0 spiro atoms. The molecule has 30 heavy (non-hydrogen) atoms. The summed E-state index contributed by atoms with van der Waals surface area (Å²) in [6.07, 6.45) is 4.30. The van der Waals surface area contributed by atoms with Gasteiger partial charge in [-0.05, 0) is 60.0 Å². The Bertz CT molecular complexity index is 1190. The van der Waals surface area contributed by atoms with Crippen molar-refractivity contribution >= 4 is 28.4 Å². The Morgan fingerprint density at radius 3 is 2.63 bits per heavy atom. The largest absolute Gasteiger partial charge is 0.489 e. The monoisotopic (exact) mass is 399 g/mol. The van der Waals surface area contributed by atoms with Crippen molar-refractivity contribution in [1.82, 2.24) is 15.0 Å². The van der Waals surface area contributed by atoms with Gasteiger partial charge in [0.2, 0.25) is 5.95 Å². The zero-order chi connectivity index (χ0) is 20.9. The van der Waals surface area contributed by atoms with E-state index in [1.54, 1.807) is 18.3 Å². The molecule has 0 unspecified atom stereocenters. The molecule has 0 aliphatic heterocycles. The molecular formula is C23H21N5O2. The normalized spacial score (nSPS) is 10.7. The summed E-state index contributed by atoms with van der Waals surface area (Å²) in [6.45, 7) is 2.42. The van der Waals surface area contributed by atoms with E-state index in [4.69, 9.17) is 10.5 Å². The lowest BCUT2D eigenvalue weighted by atomic mass is 10.1. The summed E-state index contributed by atoms with van der Waals surface area (Å²) in [5, 5.41) is 4.09. The second-order valence-corrected chi connectivity index (χ2v) is 6.79. The third-order valence-corrected chi connectivity index (χ3v) is 4.65. The first-order valence-corrected chi connectivity index (χ1v) is 9.61. The molecule has 0 atom stereocenters. The summed E-state index contributed by atoms with van der Waals surface area (Å²) < 4.78 is 5.83. The minimum atomic E-state index is -0.564. The first-order valence-electron chi connectivity index (χ1n) is 9.61. The van der Waals surface area contributed by atoms with Gasteiger partial charge in [0, 0.05) is 23.5 Å². The second-order valence-electron chi connectivity index (χ2n) is 6.79. The van der Waals surface area contributed by atoms with Crippen molar-refractivity contribution in [3.8, 4) is 5.75 Å². The van der Waals surface area contributed by atoms with Gasteiger partial charge in [0.1, 0.15) is 18.1 Å². The maximum absolute atomic E-state index is 11.2. The summed E-state index contributed by atoms with van der Waals surface area (Å²) in [6, 6.07) is 17.2. The standard InChI is InChI=1S/C23H21N5O2/c1-2-15-3-5-18(6-4-15)27-23-26-13-17-12-19(7-8-20(17)28-23)30-14-16-9-10-25-21(11-16)22(24)29/h3-13H,2,14H2,1H3,(H2,24,29)(H,26,27,28). The van der Waals surface area contributed by atoms with Gasteiger partial charge in [-0.25, -0.2) is 9.97 Å². The highest BCUT2D eigenvalue weighted by molar-refractivity contribution is 5.90. The van der Waals surface area contributed by atoms with Crippen molar-refractivity contribution in [3.63, 3.8) is 0 Å². The van der Waals surface area contributed by atoms with Gasteiger partial charge >= 0.3 is 0 Å². The third-order valence-electron chi connectivity index (χ3n) is 4.65. The van der Waals surface area contributed by atoms with Crippen molar-refractivity contribution < 1.29 is 9.53 Å². The number of nitrogens with zero attached hydrogens (tertiary/aromatic N) is 3. The van der Waals surface area contributed by atoms with E-state index in [0.29, 0.717) is 18.3 Å². The van der Waals surface area contributed by atoms with Gasteiger partial charge in [0.15, 0.2) is 0 Å². The molecule has 0 radical (unpaired) electrons. The van der Waals surface area contributed by atoms with E-state index >= 15 is 0 Å². The van der Waals surface area contributed by atoms with E-state index in [0.717, 1.165) is 28.6 Å². The van der Waals surface area contributed by atoms with Crippen LogP contribution in [0.5, 0.6) is 5.75 Å². The van der Waals surface area contributed by atoms with Gasteiger partial charge in [-0.3, -0.25) is 9.78 Å². The summed E-state index contributed by atoms with van der Waals surface area (Å²) in [5.74, 6) is 0.654. The van der Waals surface area contributed by atoms with E-state index in [9.17, 15) is 4.79 Å². The number of aryl methyl sites for hydroxylation is 1. The second kappa shape index (κ2) is 8.57. The van der Waals surface area contributed by atoms with Gasteiger partial charge in [-0.15, -0.1) is 0 Å². The smallest absolute Gasteiger partial charge is 0.267 e. The highest BCUT2D eigenvalue weighted by Gasteiger charge is 2.06. The van der Waals surface area contributed by atoms with Gasteiger partial charge in [0.05, 0.1) is 5.52 Å². The number of fused-ring (bicyclic) bond motifs is 1. The molecule has 2 aromatic heterocycles. The van der Waals surface area contributed by atoms with Crippen LogP contribution >= 0.6 is 0 Å². The third kappa shape index (κ3) is 4.52. The number of nitrogens with two attached hydrogens (primary N) is 1. The number of amides is 1. The Morgan fingerprint density at radius 1 is 1.03 bits per heavy atom. The van der Waals surface area contributed by atoms with Crippen molar-refractivity contribution in [2.45, 2.75) is 20.0 Å². The lowest BCUT2D eigenvalue weighted by Crippen LogP contribution is -2.13. The van der Waals surface area contributed by atoms with Crippen LogP contribution in [0.15, 0.2) is 67.0 Å². The zero-order valence-corrected chi connectivity index (χ0v) is 16.5. The number of ether oxygens (including phenoxy) is 1. The molecule has 0 bridgehead atoms. The van der Waals surface area contributed by atoms with E-state index in [1.807, 2.05) is 30.3 Å². The van der Waals surface area contributed by atoms with Gasteiger partial charge in [0.25, 0.3) is 5.91 Å². The molecule has 0 fully saturated rings. The number of aromatic nitrogens is 3. The van der Waals surface area contributed by atoms with Crippen LogP contribution in [0.1, 0.15) is 28.5 Å². The van der Waals surface area contributed by atoms with Gasteiger partial charge in [-0.2, -0.15) is 0 Å². The highest BCUT2D eigenvalue weighted by atomic mass is 16.5. The summed E-state index contributed by atoms with van der Waals surface area (Å²) >= 11 is 0. The van der Waals surface area contributed by atoms with Crippen LogP contribution in [0.3, 0.4) is 0 Å². The van der Waals surface area contributed by atoms with Crippen LogP contribution in [0.4, 0.5) is 11.6 Å². The molecule has 2 heterocycles. The molecule has 3 N–H and O–H groups in total. The topological polar surface area (TPSA) is 103 Å². The fourth-order valence-electron chi connectivity index (χ4n) is 2.98. The predicted octanol–water partition coefficient (Wildman–Crippen LogP) is 4.01. The number of pyridine rings is 1. The molecule has 1 amide bonds. The lowest BCUT2D eigenvalue weighted by Gasteiger charge is -2.09. The fourth-order valence-corrected chi connectivity index (χ4v) is 2.98. The molecule has 7 nitrogen and oxygen atoms in total. The zero-order valence-electron chi connectivity index (χ0n) is 16.5. The molecule has 0 saturated heterocycles. The maximum Gasteiger partial charge on any atom is 0.267 e. The maximum atomic E-state index is 11.2. The number of hydrogen-bond donors (Lipinski definition) is 2. The Balaban J connectivity index is 1.46. The lowest BCUT2D eigenvalue weighted by molar-refractivity contribution is 0.0995. The number of carbonyl (C=O) groups is 1. The van der Waals surface area contributed by atoms with Gasteiger partial charge < -0.3 is 15.8 Å². The summed E-state index contributed by atoms with van der Waals surface area (Å²) in [7, 11) is 0. The Labute approximate surface area is 174 Å². The summed E-state index contributed by atoms with van der Waals surface area (Å²) in [4.78, 5) is 24.1. The van der Waals surface area contributed by atoms with E-state index < -0.39 is 5.91 Å². The minimum absolute atomic E-state index is 0.215. The molecule has 4 rings (SSSR count). The number of hydrogen-bond acceptors (Lipinski definition) is 6. The minimum Gasteiger partial charge on any atom is -0.489 e. The number of nitrogens with one attached hydrogen (secondary N) is 1. The first kappa shape index (κ1) is 19.3. The Morgan fingerprint density at radius 2 is 1.87 bits per heavy atom. The van der Waals surface area contributed by atoms with Crippen molar-refractivity contribution in [2.75, 3.05) is 5.32 Å². The Hall–Kier alpha value is -4.00. The molecular weight excluding hydrogens is 378 g/mol. The molecule has 2 aromatic carbocycles. The van der Waals surface area contributed by atoms with Gasteiger partial charge in [-0.1, -0.05) is 19.1 Å². The average Bonchev–Trinajstić information content (AvgIpc) is 2.78. The SMILES string of the molecule is CCc1ccc(Nc2ncc3cc(OCc4ccnc(C(N)=O)c4)ccc3n2)cc1. The number of benzene rings is 2. The number of primary amides is 1. The highest BCUT2D eigenvalue weighted by Crippen LogP contribution is 2.22. The quantitative estimate of drug-likeness (QED) is 0.487. The van der Waals surface area contributed by atoms with Crippen molar-refractivity contribution in [2.24, 2.45) is 5.73 Å². The van der Waals surface area contributed by atoms with Crippen LogP contribution < -0.4 is 15.8 Å². The average molecular weight is 399 g/mol. The number of rotatable bonds is 7. The molecule has 7 heteroatoms. The van der Waals surface area contributed by atoms with Crippen LogP contribution in [0, 0.1) is 0 Å². The fraction of sp³-hybridized carbons (Fsp3) is 0.130. The molecule has 4 aromatic rings. The number of carbonyl (C=O) groups excluding carboxylic acids is 1. The van der Waals surface area contributed by atoms with Crippen LogP contribution in [0.2, 0.25) is 0 Å². The van der Waals surface area contributed by atoms with Crippen LogP contribution in [-0.2, 0) is 13.0 Å². The van der Waals surface area contributed by atoms with E-state index in [2.05, 4.69) is 39.3 Å². The van der Waals surface area contributed by atoms with Crippen LogP contribution in [-0.4, -0.2) is 20.9 Å². The van der Waals surface area contributed by atoms with Crippen LogP contribution in [0.25, 0.3) is 10.9 Å². The molecule has 0 aliphatic carbocycles. The molecule has 0 aliphatic rings. The van der Waals surface area contributed by atoms with E-state index in [-0.39, 0.29) is 5.69 Å². The summed E-state index contributed by atoms with van der Waals surface area (Å²) in [5.41, 5.74) is 9.33. The molecule has 0 saturated carbocycles. The van der Waals surface area contributed by atoms with Crippen molar-refractivity contribution in [1.29, 1.82) is 0 Å². The van der Waals surface area contributed by atoms with Crippen molar-refractivity contribution in [3.05, 3.63) is 83.8 Å². The predicted molar refractivity (Wildman–Crippen MR) is 116 cm³/mol. The number of anilines is 2. The van der Waals surface area contributed by atoms with E-state index in [1.165, 1.54) is 11.8 Å².